The Hall–Kier alpha value is -1.76. The summed E-state index contributed by atoms with van der Waals surface area (Å²) in [5, 5.41) is 22.2. The maximum Gasteiger partial charge on any atom is 1.00 e. The Labute approximate surface area is 194 Å². The number of hydrogen-bond donors (Lipinski definition) is 1. The van der Waals surface area contributed by atoms with E-state index in [1.165, 1.54) is 12.3 Å². The fourth-order valence-corrected chi connectivity index (χ4v) is 2.73. The van der Waals surface area contributed by atoms with Gasteiger partial charge in [0.05, 0.1) is 5.97 Å². The molecule has 0 atom stereocenters. The summed E-state index contributed by atoms with van der Waals surface area (Å²) in [6.07, 6.45) is 1.37. The number of rotatable bonds is 5. The number of carbonyl (C=O) groups excluding carboxylic acids is 1. The van der Waals surface area contributed by atoms with Crippen LogP contribution in [0.2, 0.25) is 0 Å². The molecule has 124 valence electrons. The number of carboxylic acid groups (broad SMARTS) is 1. The predicted molar refractivity (Wildman–Crippen MR) is 94.4 cm³/mol. The number of para-hydroxylation sites is 1. The average Bonchev–Trinajstić information content (AvgIpc) is 2.65. The third-order valence-electron chi connectivity index (χ3n) is 4.01. The van der Waals surface area contributed by atoms with Gasteiger partial charge in [-0.2, -0.15) is 0 Å². The number of benzene rings is 3. The molecule has 1 N–H and O–H groups in total. The summed E-state index contributed by atoms with van der Waals surface area (Å²) in [5.41, 5.74) is -0.314. The summed E-state index contributed by atoms with van der Waals surface area (Å²) in [4.78, 5) is 16.6. The monoisotopic (exact) mass is 369 g/mol. The molecule has 26 heavy (non-hydrogen) atoms. The number of carboxylic acids is 1. The van der Waals surface area contributed by atoms with Crippen LogP contribution in [0.4, 0.5) is 0 Å². The van der Waals surface area contributed by atoms with Gasteiger partial charge in [-0.3, -0.25) is 4.99 Å². The molecule has 4 nitrogen and oxygen atoms in total. The second kappa shape index (κ2) is 9.25. The van der Waals surface area contributed by atoms with Gasteiger partial charge in [0.15, 0.2) is 0 Å². The topological polar surface area (TPSA) is 72.7 Å². The van der Waals surface area contributed by atoms with Gasteiger partial charge in [0.25, 0.3) is 0 Å². The molecule has 0 aliphatic heterocycles. The summed E-state index contributed by atoms with van der Waals surface area (Å²) in [7, 11) is 0. The molecule has 0 radical (unpaired) electrons. The zero-order valence-corrected chi connectivity index (χ0v) is 17.5. The van der Waals surface area contributed by atoms with Crippen molar-refractivity contribution >= 4 is 12.2 Å². The summed E-state index contributed by atoms with van der Waals surface area (Å²) in [6.45, 7) is 0. The summed E-state index contributed by atoms with van der Waals surface area (Å²) >= 11 is 0. The molecule has 0 aliphatic carbocycles. The Kier molecular flexibility index (Phi) is 7.31. The molecule has 3 rings (SSSR count). The molecule has 0 saturated carbocycles. The van der Waals surface area contributed by atoms with Crippen molar-refractivity contribution < 1.29 is 66.4 Å². The van der Waals surface area contributed by atoms with Gasteiger partial charge in [0, 0.05) is 11.8 Å². The van der Waals surface area contributed by atoms with E-state index in [0.717, 1.165) is 0 Å². The molecule has 0 aromatic heterocycles. The van der Waals surface area contributed by atoms with Crippen molar-refractivity contribution in [3.63, 3.8) is 0 Å². The predicted octanol–water partition coefficient (Wildman–Crippen LogP) is -0.491. The fourth-order valence-electron chi connectivity index (χ4n) is 2.73. The molecule has 0 aliphatic rings. The van der Waals surface area contributed by atoms with Crippen LogP contribution in [-0.2, 0) is 10.3 Å². The first kappa shape index (κ1) is 20.5. The van der Waals surface area contributed by atoms with Crippen LogP contribution in [0, 0.1) is 0 Å². The van der Waals surface area contributed by atoms with E-state index in [1.54, 1.807) is 78.9 Å². The first-order valence-electron chi connectivity index (χ1n) is 7.80. The van der Waals surface area contributed by atoms with Gasteiger partial charge in [-0.1, -0.05) is 72.8 Å². The Morgan fingerprint density at radius 2 is 1.31 bits per heavy atom. The Bertz CT molecular complexity index is 856. The zero-order valence-electron chi connectivity index (χ0n) is 14.4. The maximum atomic E-state index is 12.2. The number of hydrogen-bond acceptors (Lipinski definition) is 4. The maximum absolute atomic E-state index is 12.2. The minimum Gasteiger partial charge on any atom is -0.547 e. The second-order valence-corrected chi connectivity index (χ2v) is 5.55. The average molecular weight is 369 g/mol. The Morgan fingerprint density at radius 1 is 0.846 bits per heavy atom. The minimum absolute atomic E-state index is 0. The number of phenols is 1. The van der Waals surface area contributed by atoms with Gasteiger partial charge in [-0.05, 0) is 23.3 Å². The standard InChI is InChI=1S/C21H17NO3.K/c23-19-14-8-7-9-16(19)15-22-21(20(24)25,17-10-3-1-4-11-17)18-12-5-2-6-13-18;/h1-15,23H,(H,24,25);/q;+1/p-1. The van der Waals surface area contributed by atoms with Crippen LogP contribution in [0.3, 0.4) is 0 Å². The quantitative estimate of drug-likeness (QED) is 0.487. The molecule has 0 bridgehead atoms. The van der Waals surface area contributed by atoms with E-state index in [0.29, 0.717) is 16.7 Å². The molecule has 0 fully saturated rings. The molecule has 0 unspecified atom stereocenters. The first-order chi connectivity index (χ1) is 12.1. The van der Waals surface area contributed by atoms with Gasteiger partial charge in [0.2, 0.25) is 0 Å². The van der Waals surface area contributed by atoms with Gasteiger partial charge in [-0.15, -0.1) is 0 Å². The van der Waals surface area contributed by atoms with E-state index in [4.69, 9.17) is 0 Å². The molecule has 5 heteroatoms. The van der Waals surface area contributed by atoms with E-state index < -0.39 is 11.5 Å². The van der Waals surface area contributed by atoms with E-state index in [9.17, 15) is 15.0 Å². The van der Waals surface area contributed by atoms with Crippen molar-refractivity contribution in [1.82, 2.24) is 0 Å². The largest absolute Gasteiger partial charge is 1.00 e. The van der Waals surface area contributed by atoms with Crippen molar-refractivity contribution in [2.45, 2.75) is 5.54 Å². The molecule has 3 aromatic carbocycles. The molecule has 0 heterocycles. The van der Waals surface area contributed by atoms with Gasteiger partial charge >= 0.3 is 51.4 Å². The summed E-state index contributed by atoms with van der Waals surface area (Å²) < 4.78 is 0. The normalized spacial score (nSPS) is 11.1. The van der Waals surface area contributed by atoms with Gasteiger partial charge < -0.3 is 15.0 Å². The van der Waals surface area contributed by atoms with Crippen LogP contribution in [0.1, 0.15) is 16.7 Å². The first-order valence-corrected chi connectivity index (χ1v) is 7.80. The van der Waals surface area contributed by atoms with Crippen molar-refractivity contribution in [3.05, 3.63) is 102 Å². The molecule has 0 amide bonds. The number of aliphatic carboxylic acids is 1. The number of carbonyl (C=O) groups is 1. The SMILES string of the molecule is O=C([O-])C(N=Cc1ccccc1O)(c1ccccc1)c1ccccc1.[K+]. The molecule has 0 saturated heterocycles. The number of nitrogens with zero attached hydrogens (tertiary/aromatic N) is 1. The van der Waals surface area contributed by atoms with E-state index >= 15 is 0 Å². The summed E-state index contributed by atoms with van der Waals surface area (Å²) in [5.74, 6) is -1.31. The summed E-state index contributed by atoms with van der Waals surface area (Å²) in [6, 6.07) is 24.0. The van der Waals surface area contributed by atoms with E-state index in [-0.39, 0.29) is 57.1 Å². The van der Waals surface area contributed by atoms with Crippen LogP contribution < -0.4 is 56.5 Å². The fraction of sp³-hybridized carbons (Fsp3) is 0.0476. The van der Waals surface area contributed by atoms with E-state index in [1.807, 2.05) is 0 Å². The minimum atomic E-state index is -1.70. The third kappa shape index (κ3) is 4.14. The van der Waals surface area contributed by atoms with Crippen molar-refractivity contribution in [3.8, 4) is 5.75 Å². The molecular formula is C21H16KNO3. The van der Waals surface area contributed by atoms with Crippen molar-refractivity contribution in [2.75, 3.05) is 0 Å². The number of phenolic OH excluding ortho intramolecular Hbond substituents is 1. The van der Waals surface area contributed by atoms with Crippen LogP contribution in [0.5, 0.6) is 5.75 Å². The molecule has 3 aromatic rings. The van der Waals surface area contributed by atoms with Crippen LogP contribution in [0.15, 0.2) is 89.9 Å². The van der Waals surface area contributed by atoms with Gasteiger partial charge in [-0.25, -0.2) is 0 Å². The second-order valence-electron chi connectivity index (χ2n) is 5.55. The van der Waals surface area contributed by atoms with E-state index in [2.05, 4.69) is 4.99 Å². The molecular weight excluding hydrogens is 353 g/mol. The van der Waals surface area contributed by atoms with Crippen molar-refractivity contribution in [1.29, 1.82) is 0 Å². The number of aromatic hydroxyl groups is 1. The van der Waals surface area contributed by atoms with Crippen molar-refractivity contribution in [2.24, 2.45) is 4.99 Å². The Morgan fingerprint density at radius 3 is 1.77 bits per heavy atom. The van der Waals surface area contributed by atoms with Gasteiger partial charge in [0.1, 0.15) is 11.3 Å². The zero-order chi connectivity index (χ0) is 17.7. The van der Waals surface area contributed by atoms with Crippen LogP contribution in [0.25, 0.3) is 0 Å². The van der Waals surface area contributed by atoms with Crippen LogP contribution in [-0.4, -0.2) is 17.3 Å². The Balaban J connectivity index is 0.00000243. The third-order valence-corrected chi connectivity index (χ3v) is 4.01. The number of aliphatic imine (C=N–C) groups is 1. The molecule has 0 spiro atoms. The van der Waals surface area contributed by atoms with Crippen LogP contribution >= 0.6 is 0 Å². The smallest absolute Gasteiger partial charge is 0.547 e.